The number of hydrogen-bond acceptors (Lipinski definition) is 7. The van der Waals surface area contributed by atoms with E-state index in [1.54, 1.807) is 17.3 Å². The van der Waals surface area contributed by atoms with Crippen LogP contribution >= 0.6 is 0 Å². The van der Waals surface area contributed by atoms with Gasteiger partial charge in [-0.1, -0.05) is 59.3 Å². The molecule has 0 bridgehead atoms. The molecule has 56 heavy (non-hydrogen) atoms. The lowest BCUT2D eigenvalue weighted by Gasteiger charge is -2.29. The van der Waals surface area contributed by atoms with E-state index in [0.717, 1.165) is 74.9 Å². The highest BCUT2D eigenvalue weighted by Crippen LogP contribution is 2.50. The molecule has 4 aliphatic rings. The molecule has 4 heterocycles. The minimum Gasteiger partial charge on any atom is -0.453 e. The molecule has 3 aromatic rings. The van der Waals surface area contributed by atoms with E-state index in [-0.39, 0.29) is 47.4 Å². The van der Waals surface area contributed by atoms with E-state index in [1.807, 2.05) is 37.8 Å². The number of amides is 3. The Morgan fingerprint density at radius 1 is 0.804 bits per heavy atom. The molecule has 7 rings (SSSR count). The number of hydrogen-bond donors (Lipinski definition) is 3. The summed E-state index contributed by atoms with van der Waals surface area (Å²) in [6.07, 6.45) is 10.6. The molecular weight excluding hydrogens is 707 g/mol. The van der Waals surface area contributed by atoms with Crippen molar-refractivity contribution in [3.05, 3.63) is 69.8 Å². The lowest BCUT2D eigenvalue weighted by atomic mass is 9.82. The molecule has 3 fully saturated rings. The van der Waals surface area contributed by atoms with Crippen LogP contribution in [-0.2, 0) is 20.7 Å². The van der Waals surface area contributed by atoms with Gasteiger partial charge in [-0.25, -0.2) is 14.8 Å². The summed E-state index contributed by atoms with van der Waals surface area (Å²) in [5.74, 6) is 14.8. The van der Waals surface area contributed by atoms with Crippen LogP contribution in [-0.4, -0.2) is 79.7 Å². The molecule has 0 radical (unpaired) electrons. The van der Waals surface area contributed by atoms with Crippen LogP contribution in [0.3, 0.4) is 0 Å². The van der Waals surface area contributed by atoms with Gasteiger partial charge in [0.15, 0.2) is 5.78 Å². The molecule has 1 aromatic carbocycles. The first-order valence-corrected chi connectivity index (χ1v) is 20.2. The fourth-order valence-electron chi connectivity index (χ4n) is 8.91. The number of ether oxygens (including phenoxy) is 1. The van der Waals surface area contributed by atoms with Gasteiger partial charge in [-0.2, -0.15) is 0 Å². The smallest absolute Gasteiger partial charge is 0.407 e. The molecule has 4 atom stereocenters. The van der Waals surface area contributed by atoms with E-state index >= 15 is 0 Å². The number of methoxy groups -OCH3 is 1. The highest BCUT2D eigenvalue weighted by Gasteiger charge is 2.48. The van der Waals surface area contributed by atoms with Crippen LogP contribution in [0, 0.1) is 46.9 Å². The number of likely N-dealkylation sites (tertiary alicyclic amines) is 2. The molecule has 3 N–H and O–H groups in total. The summed E-state index contributed by atoms with van der Waals surface area (Å²) >= 11 is 0. The number of imidazole rings is 2. The van der Waals surface area contributed by atoms with Crippen LogP contribution in [0.2, 0.25) is 0 Å². The number of Topliss-reactive ketones (excluding diaryl/α,β-unsaturated/α-hetero) is 1. The third-order valence-electron chi connectivity index (χ3n) is 12.4. The van der Waals surface area contributed by atoms with E-state index in [1.165, 1.54) is 7.11 Å². The first-order valence-electron chi connectivity index (χ1n) is 20.2. The zero-order valence-electron chi connectivity index (χ0n) is 33.4. The van der Waals surface area contributed by atoms with Crippen LogP contribution < -0.4 is 5.32 Å². The summed E-state index contributed by atoms with van der Waals surface area (Å²) in [6, 6.07) is 2.78. The van der Waals surface area contributed by atoms with Crippen molar-refractivity contribution < 1.29 is 23.9 Å². The predicted molar refractivity (Wildman–Crippen MR) is 210 cm³/mol. The Hall–Kier alpha value is -5.36. The summed E-state index contributed by atoms with van der Waals surface area (Å²) in [4.78, 5) is 72.7. The SMILES string of the molecule is COC(=O)N[C@H](C(=O)N1CCCC1c1ncc(C#Cc2ccc(C#Cc3cnc([C@@H]4CCCN4C(=O)[C@@H](C)C(C)C)[nH]3)c3c2C(=O)C2(CCCC2)C3)[nH]1)C(C)C. The van der Waals surface area contributed by atoms with E-state index in [9.17, 15) is 19.2 Å². The summed E-state index contributed by atoms with van der Waals surface area (Å²) in [5.41, 5.74) is 3.97. The van der Waals surface area contributed by atoms with Gasteiger partial charge in [0, 0.05) is 41.1 Å². The quantitative estimate of drug-likeness (QED) is 0.242. The van der Waals surface area contributed by atoms with Crippen molar-refractivity contribution in [1.29, 1.82) is 0 Å². The van der Waals surface area contributed by atoms with Crippen molar-refractivity contribution in [1.82, 2.24) is 35.1 Å². The maximum Gasteiger partial charge on any atom is 0.407 e. The molecule has 294 valence electrons. The number of H-pyrrole nitrogens is 2. The Balaban J connectivity index is 1.12. The maximum absolute atomic E-state index is 14.2. The van der Waals surface area contributed by atoms with Gasteiger partial charge >= 0.3 is 6.09 Å². The van der Waals surface area contributed by atoms with Crippen LogP contribution in [0.5, 0.6) is 0 Å². The zero-order valence-corrected chi connectivity index (χ0v) is 33.4. The number of fused-ring (bicyclic) bond motifs is 1. The van der Waals surface area contributed by atoms with Gasteiger partial charge in [0.05, 0.1) is 31.6 Å². The third-order valence-corrected chi connectivity index (χ3v) is 12.4. The van der Waals surface area contributed by atoms with Crippen LogP contribution in [0.15, 0.2) is 24.5 Å². The highest BCUT2D eigenvalue weighted by molar-refractivity contribution is 6.07. The summed E-state index contributed by atoms with van der Waals surface area (Å²) in [7, 11) is 1.28. The van der Waals surface area contributed by atoms with Crippen molar-refractivity contribution in [2.45, 2.75) is 111 Å². The molecule has 2 aromatic heterocycles. The predicted octanol–water partition coefficient (Wildman–Crippen LogP) is 6.23. The van der Waals surface area contributed by atoms with Crippen molar-refractivity contribution in [3.8, 4) is 23.7 Å². The Morgan fingerprint density at radius 2 is 1.36 bits per heavy atom. The monoisotopic (exact) mass is 759 g/mol. The number of alkyl carbamates (subject to hydrolysis) is 1. The first kappa shape index (κ1) is 38.9. The Bertz CT molecular complexity index is 2140. The zero-order chi connectivity index (χ0) is 39.7. The normalized spacial score (nSPS) is 20.8. The average Bonchev–Trinajstić information content (AvgIpc) is 4.04. The molecule has 1 spiro atoms. The highest BCUT2D eigenvalue weighted by atomic mass is 16.5. The molecule has 12 heteroatoms. The van der Waals surface area contributed by atoms with E-state index in [0.29, 0.717) is 41.3 Å². The second-order valence-electron chi connectivity index (χ2n) is 16.6. The maximum atomic E-state index is 14.2. The first-order chi connectivity index (χ1) is 26.9. The van der Waals surface area contributed by atoms with E-state index in [2.05, 4.69) is 62.8 Å². The minimum absolute atomic E-state index is 0.0515. The van der Waals surface area contributed by atoms with Crippen molar-refractivity contribution in [2.75, 3.05) is 20.2 Å². The Kier molecular flexibility index (Phi) is 11.1. The van der Waals surface area contributed by atoms with Crippen molar-refractivity contribution >= 4 is 23.7 Å². The number of aromatic nitrogens is 4. The number of nitrogens with one attached hydrogen (secondary N) is 3. The standard InChI is InChI=1S/C44H53N7O5/c1-26(2)28(5)41(53)50-21-9-11-34(50)39-45-24-31(47-39)17-15-29-13-14-30(36-33(29)23-44(38(36)52)19-7-8-20-44)16-18-32-25-46-40(48-32)35-12-10-22-51(35)42(54)37(27(3)4)49-43(55)56-6/h13-14,24-28,34-35,37H,7-12,19-23H2,1-6H3,(H,45,47)(H,46,48)(H,49,55)/t28-,34-,35?,37-/m0/s1. The number of rotatable bonds is 7. The van der Waals surface area contributed by atoms with Gasteiger partial charge < -0.3 is 29.8 Å². The number of ketones is 1. The summed E-state index contributed by atoms with van der Waals surface area (Å²) in [6.45, 7) is 11.2. The van der Waals surface area contributed by atoms with Gasteiger partial charge in [0.2, 0.25) is 11.8 Å². The second-order valence-corrected chi connectivity index (χ2v) is 16.6. The largest absolute Gasteiger partial charge is 0.453 e. The van der Waals surface area contributed by atoms with Gasteiger partial charge in [0.1, 0.15) is 29.1 Å². The van der Waals surface area contributed by atoms with Crippen molar-refractivity contribution in [3.63, 3.8) is 0 Å². The van der Waals surface area contributed by atoms with Crippen molar-refractivity contribution in [2.24, 2.45) is 23.2 Å². The number of carbonyl (C=O) groups excluding carboxylic acids is 4. The fraction of sp³-hybridized carbons (Fsp3) is 0.545. The second kappa shape index (κ2) is 16.0. The van der Waals surface area contributed by atoms with Crippen LogP contribution in [0.1, 0.15) is 148 Å². The number of aromatic amines is 2. The molecular formula is C44H53N7O5. The minimum atomic E-state index is -0.720. The third kappa shape index (κ3) is 7.46. The van der Waals surface area contributed by atoms with Gasteiger partial charge in [0.25, 0.3) is 0 Å². The topological polar surface area (TPSA) is 153 Å². The molecule has 2 saturated heterocycles. The Morgan fingerprint density at radius 3 is 1.91 bits per heavy atom. The number of carbonyl (C=O) groups is 4. The van der Waals surface area contributed by atoms with E-state index in [4.69, 9.17) is 4.74 Å². The van der Waals surface area contributed by atoms with Crippen LogP contribution in [0.25, 0.3) is 0 Å². The lowest BCUT2D eigenvalue weighted by molar-refractivity contribution is -0.137. The Labute approximate surface area is 329 Å². The fourth-order valence-corrected chi connectivity index (χ4v) is 8.91. The number of nitrogens with zero attached hydrogens (tertiary/aromatic N) is 4. The van der Waals surface area contributed by atoms with Gasteiger partial charge in [-0.3, -0.25) is 14.4 Å². The van der Waals surface area contributed by atoms with E-state index < -0.39 is 17.6 Å². The molecule has 2 aliphatic carbocycles. The lowest BCUT2D eigenvalue weighted by Crippen LogP contribution is -2.51. The van der Waals surface area contributed by atoms with Gasteiger partial charge in [-0.05, 0) is 86.3 Å². The number of benzene rings is 1. The molecule has 1 saturated carbocycles. The summed E-state index contributed by atoms with van der Waals surface area (Å²) < 4.78 is 4.76. The van der Waals surface area contributed by atoms with Gasteiger partial charge in [-0.15, -0.1) is 0 Å². The molecule has 3 amide bonds. The molecule has 1 unspecified atom stereocenters. The summed E-state index contributed by atoms with van der Waals surface area (Å²) in [5, 5.41) is 2.69. The average molecular weight is 760 g/mol. The molecule has 12 nitrogen and oxygen atoms in total. The van der Waals surface area contributed by atoms with Crippen LogP contribution in [0.4, 0.5) is 4.79 Å². The molecule has 2 aliphatic heterocycles.